The third-order valence-corrected chi connectivity index (χ3v) is 9.40. The highest BCUT2D eigenvalue weighted by Crippen LogP contribution is 2.20. The zero-order chi connectivity index (χ0) is 34.1. The molecule has 2 aromatic rings. The van der Waals surface area contributed by atoms with Crippen LogP contribution in [0.1, 0.15) is 86.6 Å². The molecule has 48 heavy (non-hydrogen) atoms. The third-order valence-electron chi connectivity index (χ3n) is 9.40. The molecule has 4 rings (SSSR count). The van der Waals surface area contributed by atoms with Crippen LogP contribution in [0.3, 0.4) is 0 Å². The average molecular weight is 662 g/mol. The number of carbonyl (C=O) groups is 4. The second-order valence-corrected chi connectivity index (χ2v) is 13.3. The second kappa shape index (κ2) is 19.8. The molecule has 10 nitrogen and oxygen atoms in total. The summed E-state index contributed by atoms with van der Waals surface area (Å²) in [6.45, 7) is 3.72. The predicted molar refractivity (Wildman–Crippen MR) is 188 cm³/mol. The molecule has 0 aliphatic carbocycles. The van der Waals surface area contributed by atoms with Crippen LogP contribution < -0.4 is 15.4 Å². The van der Waals surface area contributed by atoms with E-state index in [4.69, 9.17) is 4.74 Å². The lowest BCUT2D eigenvalue weighted by Gasteiger charge is -2.35. The zero-order valence-corrected chi connectivity index (χ0v) is 29.0. The Morgan fingerprint density at radius 3 is 2.08 bits per heavy atom. The summed E-state index contributed by atoms with van der Waals surface area (Å²) >= 11 is 0. The molecule has 1 fully saturated rings. The number of likely N-dealkylation sites (N-methyl/N-ethyl adjacent to an activating group) is 2. The van der Waals surface area contributed by atoms with Crippen molar-refractivity contribution in [3.63, 3.8) is 0 Å². The van der Waals surface area contributed by atoms with E-state index in [-0.39, 0.29) is 30.6 Å². The number of carbonyl (C=O) groups excluding carboxylic acids is 4. The number of rotatable bonds is 3. The van der Waals surface area contributed by atoms with Gasteiger partial charge in [0.05, 0.1) is 12.2 Å². The van der Waals surface area contributed by atoms with Gasteiger partial charge in [-0.15, -0.1) is 0 Å². The molecule has 2 aliphatic rings. The minimum Gasteiger partial charge on any atom is -0.493 e. The van der Waals surface area contributed by atoms with Gasteiger partial charge in [-0.1, -0.05) is 87.4 Å². The summed E-state index contributed by atoms with van der Waals surface area (Å²) in [6, 6.07) is 15.1. The largest absolute Gasteiger partial charge is 0.493 e. The van der Waals surface area contributed by atoms with Crippen LogP contribution in [0.2, 0.25) is 0 Å². The van der Waals surface area contributed by atoms with E-state index in [1.165, 1.54) is 19.3 Å². The van der Waals surface area contributed by atoms with Gasteiger partial charge in [-0.05, 0) is 44.0 Å². The van der Waals surface area contributed by atoms with Crippen molar-refractivity contribution in [3.05, 3.63) is 65.7 Å². The number of piperazine rings is 1. The minimum atomic E-state index is -0.906. The number of ether oxygens (including phenoxy) is 1. The van der Waals surface area contributed by atoms with Crippen LogP contribution in [0.25, 0.3) is 0 Å². The van der Waals surface area contributed by atoms with Gasteiger partial charge in [0.25, 0.3) is 5.91 Å². The lowest BCUT2D eigenvalue weighted by molar-refractivity contribution is -0.136. The molecular formula is C38H55N5O5. The molecule has 0 radical (unpaired) electrons. The topological polar surface area (TPSA) is 111 Å². The van der Waals surface area contributed by atoms with Crippen LogP contribution in [-0.4, -0.2) is 104 Å². The Hall–Kier alpha value is -3.92. The summed E-state index contributed by atoms with van der Waals surface area (Å²) < 4.78 is 6.05. The van der Waals surface area contributed by atoms with Gasteiger partial charge in [0.15, 0.2) is 0 Å². The molecule has 0 saturated carbocycles. The normalized spacial score (nSPS) is 22.4. The third kappa shape index (κ3) is 12.0. The summed E-state index contributed by atoms with van der Waals surface area (Å²) in [6.07, 6.45) is 10.2. The number of benzene rings is 2. The fourth-order valence-corrected chi connectivity index (χ4v) is 6.36. The second-order valence-electron chi connectivity index (χ2n) is 13.3. The standard InChI is InChI=1S/C38H55N5O5/c1-41-24-26-43(27-25-41)38(47)32-21-22-35(44)39-33(29-30-17-11-10-12-18-30)37(46)42(2)23-15-8-6-4-3-5-7-9-16-28-48-34-20-14-13-19-31(34)36(45)40-32/h10-14,17-20,32-33H,3-9,15-16,21-29H2,1-2H3,(H,39,44)(H,40,45)/t32-,33-/m0/s1. The van der Waals surface area contributed by atoms with Crippen LogP contribution in [0.4, 0.5) is 0 Å². The molecule has 0 unspecified atom stereocenters. The first-order valence-corrected chi connectivity index (χ1v) is 17.9. The van der Waals surface area contributed by atoms with Gasteiger partial charge in [0.2, 0.25) is 17.7 Å². The molecule has 2 aliphatic heterocycles. The Morgan fingerprint density at radius 2 is 1.38 bits per heavy atom. The molecule has 0 aromatic heterocycles. The van der Waals surface area contributed by atoms with Crippen molar-refractivity contribution < 1.29 is 23.9 Å². The number of nitrogens with one attached hydrogen (secondary N) is 2. The minimum absolute atomic E-state index is 0.0230. The van der Waals surface area contributed by atoms with E-state index in [1.807, 2.05) is 43.4 Å². The van der Waals surface area contributed by atoms with E-state index in [0.717, 1.165) is 57.2 Å². The van der Waals surface area contributed by atoms with Gasteiger partial charge in [-0.3, -0.25) is 19.2 Å². The highest BCUT2D eigenvalue weighted by Gasteiger charge is 2.31. The summed E-state index contributed by atoms with van der Waals surface area (Å²) in [5, 5.41) is 5.91. The van der Waals surface area contributed by atoms with Gasteiger partial charge < -0.3 is 30.1 Å². The first kappa shape index (κ1) is 36.9. The van der Waals surface area contributed by atoms with Crippen molar-refractivity contribution in [2.24, 2.45) is 0 Å². The van der Waals surface area contributed by atoms with E-state index < -0.39 is 18.0 Å². The molecular weight excluding hydrogens is 606 g/mol. The summed E-state index contributed by atoms with van der Waals surface area (Å²) in [5.74, 6) is -0.593. The molecule has 0 spiro atoms. The molecule has 1 saturated heterocycles. The van der Waals surface area contributed by atoms with Gasteiger partial charge in [-0.2, -0.15) is 0 Å². The van der Waals surface area contributed by atoms with Crippen molar-refractivity contribution in [2.45, 2.75) is 89.1 Å². The van der Waals surface area contributed by atoms with E-state index in [9.17, 15) is 19.2 Å². The molecule has 2 aromatic carbocycles. The van der Waals surface area contributed by atoms with Crippen molar-refractivity contribution in [2.75, 3.05) is 53.4 Å². The SMILES string of the molecule is CN1CCN(C(=O)[C@@H]2CCC(=O)N[C@@H](Cc3ccccc3)C(=O)N(C)CCCCCCCCCCCOc3ccccc3C(=O)N2)CC1. The van der Waals surface area contributed by atoms with Crippen LogP contribution >= 0.6 is 0 Å². The number of hydrogen-bond donors (Lipinski definition) is 2. The maximum atomic E-state index is 13.8. The molecule has 4 amide bonds. The molecule has 0 bridgehead atoms. The molecule has 262 valence electrons. The summed E-state index contributed by atoms with van der Waals surface area (Å²) in [7, 11) is 3.82. The highest BCUT2D eigenvalue weighted by molar-refractivity contribution is 6.00. The Kier molecular flexibility index (Phi) is 15.2. The molecule has 2 heterocycles. The zero-order valence-electron chi connectivity index (χ0n) is 29.0. The average Bonchev–Trinajstić information content (AvgIpc) is 3.10. The molecule has 10 heteroatoms. The van der Waals surface area contributed by atoms with E-state index in [1.54, 1.807) is 35.0 Å². The fourth-order valence-electron chi connectivity index (χ4n) is 6.36. The Balaban J connectivity index is 1.52. The van der Waals surface area contributed by atoms with Gasteiger partial charge >= 0.3 is 0 Å². The van der Waals surface area contributed by atoms with Crippen molar-refractivity contribution in [1.29, 1.82) is 0 Å². The molecule has 2 atom stereocenters. The number of para-hydroxylation sites is 1. The Labute approximate surface area is 286 Å². The lowest BCUT2D eigenvalue weighted by atomic mass is 10.0. The summed E-state index contributed by atoms with van der Waals surface area (Å²) in [4.78, 5) is 60.2. The number of hydrogen-bond acceptors (Lipinski definition) is 6. The maximum absolute atomic E-state index is 13.8. The number of nitrogens with zero attached hydrogens (tertiary/aromatic N) is 3. The van der Waals surface area contributed by atoms with Crippen LogP contribution in [0.15, 0.2) is 54.6 Å². The van der Waals surface area contributed by atoms with Gasteiger partial charge in [-0.25, -0.2) is 0 Å². The summed E-state index contributed by atoms with van der Waals surface area (Å²) in [5.41, 5.74) is 1.32. The number of amides is 4. The molecule has 2 N–H and O–H groups in total. The van der Waals surface area contributed by atoms with Crippen molar-refractivity contribution in [1.82, 2.24) is 25.3 Å². The van der Waals surface area contributed by atoms with E-state index >= 15 is 0 Å². The monoisotopic (exact) mass is 661 g/mol. The maximum Gasteiger partial charge on any atom is 0.255 e. The van der Waals surface area contributed by atoms with E-state index in [2.05, 4.69) is 15.5 Å². The van der Waals surface area contributed by atoms with E-state index in [0.29, 0.717) is 44.0 Å². The van der Waals surface area contributed by atoms with Crippen molar-refractivity contribution in [3.8, 4) is 5.75 Å². The highest BCUT2D eigenvalue weighted by atomic mass is 16.5. The number of fused-ring (bicyclic) bond motifs is 1. The van der Waals surface area contributed by atoms with Crippen LogP contribution in [0.5, 0.6) is 5.75 Å². The Bertz CT molecular complexity index is 1310. The van der Waals surface area contributed by atoms with Gasteiger partial charge in [0.1, 0.15) is 17.8 Å². The van der Waals surface area contributed by atoms with Crippen LogP contribution in [-0.2, 0) is 20.8 Å². The fraction of sp³-hybridized carbons (Fsp3) is 0.579. The first-order chi connectivity index (χ1) is 23.3. The van der Waals surface area contributed by atoms with Crippen LogP contribution in [0, 0.1) is 0 Å². The predicted octanol–water partition coefficient (Wildman–Crippen LogP) is 4.43. The first-order valence-electron chi connectivity index (χ1n) is 17.9. The van der Waals surface area contributed by atoms with Crippen molar-refractivity contribution >= 4 is 23.6 Å². The quantitative estimate of drug-likeness (QED) is 0.504. The smallest absolute Gasteiger partial charge is 0.255 e. The Morgan fingerprint density at radius 1 is 0.750 bits per heavy atom. The lowest BCUT2D eigenvalue weighted by Crippen LogP contribution is -2.54. The van der Waals surface area contributed by atoms with Gasteiger partial charge in [0, 0.05) is 52.6 Å².